The number of nitrogens with one attached hydrogen (secondary N) is 1. The molecule has 1 aromatic heterocycles. The molecule has 1 fully saturated rings. The number of imidazole rings is 1. The van der Waals surface area contributed by atoms with E-state index in [0.717, 1.165) is 32.7 Å². The number of aryl methyl sites for hydroxylation is 1. The average molecular weight is 251 g/mol. The molecule has 0 aromatic carbocycles. The molecule has 0 bridgehead atoms. The Morgan fingerprint density at radius 2 is 2.44 bits per heavy atom. The Kier molecular flexibility index (Phi) is 5.20. The first kappa shape index (κ1) is 13.6. The van der Waals surface area contributed by atoms with Gasteiger partial charge in [-0.25, -0.2) is 4.98 Å². The zero-order valence-electron chi connectivity index (χ0n) is 11.6. The molecule has 1 aliphatic heterocycles. The lowest BCUT2D eigenvalue weighted by Gasteiger charge is -2.25. The van der Waals surface area contributed by atoms with Crippen LogP contribution in [0.5, 0.6) is 0 Å². The van der Waals surface area contributed by atoms with Crippen LogP contribution in [0.2, 0.25) is 0 Å². The Balaban J connectivity index is 1.99. The van der Waals surface area contributed by atoms with E-state index in [4.69, 9.17) is 4.74 Å². The lowest BCUT2D eigenvalue weighted by molar-refractivity contribution is 0.173. The van der Waals surface area contributed by atoms with Crippen molar-refractivity contribution < 1.29 is 4.74 Å². The standard InChI is InChI=1S/C14H25N3O/c1-3-6-15-13(12-5-9-18-11-12)10-17-8-7-16-14(17)4-2/h7-8,12-13,15H,3-6,9-11H2,1-2H3. The van der Waals surface area contributed by atoms with E-state index in [1.165, 1.54) is 18.7 Å². The summed E-state index contributed by atoms with van der Waals surface area (Å²) in [5, 5.41) is 3.67. The first-order chi connectivity index (χ1) is 8.85. The Morgan fingerprint density at radius 1 is 1.56 bits per heavy atom. The Morgan fingerprint density at radius 3 is 3.11 bits per heavy atom. The molecule has 0 radical (unpaired) electrons. The molecular formula is C14H25N3O. The molecule has 0 saturated carbocycles. The molecular weight excluding hydrogens is 226 g/mol. The van der Waals surface area contributed by atoms with Gasteiger partial charge in [0.05, 0.1) is 6.61 Å². The summed E-state index contributed by atoms with van der Waals surface area (Å²) >= 11 is 0. The number of hydrogen-bond donors (Lipinski definition) is 1. The van der Waals surface area contributed by atoms with Crippen molar-refractivity contribution in [3.8, 4) is 0 Å². The van der Waals surface area contributed by atoms with E-state index in [2.05, 4.69) is 34.9 Å². The summed E-state index contributed by atoms with van der Waals surface area (Å²) in [6.07, 6.45) is 7.34. The SMILES string of the molecule is CCCNC(Cn1ccnc1CC)C1CCOC1. The van der Waals surface area contributed by atoms with Crippen LogP contribution < -0.4 is 5.32 Å². The second-order valence-corrected chi connectivity index (χ2v) is 5.03. The molecule has 1 N–H and O–H groups in total. The fourth-order valence-electron chi connectivity index (χ4n) is 2.61. The second-order valence-electron chi connectivity index (χ2n) is 5.03. The van der Waals surface area contributed by atoms with Gasteiger partial charge in [0, 0.05) is 43.9 Å². The van der Waals surface area contributed by atoms with E-state index >= 15 is 0 Å². The molecule has 1 saturated heterocycles. The van der Waals surface area contributed by atoms with E-state index in [1.807, 2.05) is 6.20 Å². The molecule has 0 aliphatic carbocycles. The summed E-state index contributed by atoms with van der Waals surface area (Å²) in [6.45, 7) is 8.28. The maximum Gasteiger partial charge on any atom is 0.108 e. The number of hydrogen-bond acceptors (Lipinski definition) is 3. The van der Waals surface area contributed by atoms with E-state index in [-0.39, 0.29) is 0 Å². The number of aromatic nitrogens is 2. The molecule has 0 amide bonds. The van der Waals surface area contributed by atoms with Crippen molar-refractivity contribution in [2.45, 2.75) is 45.7 Å². The maximum absolute atomic E-state index is 5.53. The van der Waals surface area contributed by atoms with Gasteiger partial charge in [-0.15, -0.1) is 0 Å². The number of ether oxygens (including phenoxy) is 1. The normalized spacial score (nSPS) is 21.3. The smallest absolute Gasteiger partial charge is 0.108 e. The van der Waals surface area contributed by atoms with Crippen molar-refractivity contribution in [3.05, 3.63) is 18.2 Å². The van der Waals surface area contributed by atoms with Crippen molar-refractivity contribution in [2.75, 3.05) is 19.8 Å². The van der Waals surface area contributed by atoms with Gasteiger partial charge in [-0.3, -0.25) is 0 Å². The van der Waals surface area contributed by atoms with Crippen molar-refractivity contribution >= 4 is 0 Å². The lowest BCUT2D eigenvalue weighted by atomic mass is 9.98. The summed E-state index contributed by atoms with van der Waals surface area (Å²) in [5.41, 5.74) is 0. The van der Waals surface area contributed by atoms with Gasteiger partial charge in [0.1, 0.15) is 5.82 Å². The molecule has 4 heteroatoms. The third kappa shape index (κ3) is 3.33. The van der Waals surface area contributed by atoms with Gasteiger partial charge >= 0.3 is 0 Å². The number of nitrogens with zero attached hydrogens (tertiary/aromatic N) is 2. The molecule has 2 unspecified atom stereocenters. The highest BCUT2D eigenvalue weighted by Gasteiger charge is 2.25. The van der Waals surface area contributed by atoms with Crippen LogP contribution in [0.25, 0.3) is 0 Å². The Hall–Kier alpha value is -0.870. The largest absolute Gasteiger partial charge is 0.381 e. The van der Waals surface area contributed by atoms with Crippen molar-refractivity contribution in [3.63, 3.8) is 0 Å². The first-order valence-electron chi connectivity index (χ1n) is 7.16. The quantitative estimate of drug-likeness (QED) is 0.804. The van der Waals surface area contributed by atoms with Crippen molar-refractivity contribution in [2.24, 2.45) is 5.92 Å². The fourth-order valence-corrected chi connectivity index (χ4v) is 2.61. The zero-order chi connectivity index (χ0) is 12.8. The van der Waals surface area contributed by atoms with Crippen LogP contribution >= 0.6 is 0 Å². The van der Waals surface area contributed by atoms with Crippen LogP contribution in [0.4, 0.5) is 0 Å². The molecule has 18 heavy (non-hydrogen) atoms. The van der Waals surface area contributed by atoms with Crippen LogP contribution in [0.15, 0.2) is 12.4 Å². The van der Waals surface area contributed by atoms with Gasteiger partial charge in [-0.2, -0.15) is 0 Å². The summed E-state index contributed by atoms with van der Waals surface area (Å²) in [7, 11) is 0. The molecule has 2 rings (SSSR count). The van der Waals surface area contributed by atoms with Gasteiger partial charge in [0.2, 0.25) is 0 Å². The van der Waals surface area contributed by atoms with Crippen LogP contribution in [0.3, 0.4) is 0 Å². The lowest BCUT2D eigenvalue weighted by Crippen LogP contribution is -2.40. The highest BCUT2D eigenvalue weighted by atomic mass is 16.5. The van der Waals surface area contributed by atoms with E-state index < -0.39 is 0 Å². The van der Waals surface area contributed by atoms with Gasteiger partial charge in [0.15, 0.2) is 0 Å². The van der Waals surface area contributed by atoms with Crippen LogP contribution in [-0.2, 0) is 17.7 Å². The maximum atomic E-state index is 5.53. The van der Waals surface area contributed by atoms with Gasteiger partial charge < -0.3 is 14.6 Å². The van der Waals surface area contributed by atoms with Crippen molar-refractivity contribution in [1.82, 2.24) is 14.9 Å². The molecule has 0 spiro atoms. The second kappa shape index (κ2) is 6.90. The summed E-state index contributed by atoms with van der Waals surface area (Å²) in [5.74, 6) is 1.82. The van der Waals surface area contributed by atoms with Gasteiger partial charge in [-0.05, 0) is 19.4 Å². The summed E-state index contributed by atoms with van der Waals surface area (Å²) in [4.78, 5) is 4.40. The minimum Gasteiger partial charge on any atom is -0.381 e. The molecule has 4 nitrogen and oxygen atoms in total. The van der Waals surface area contributed by atoms with E-state index in [1.54, 1.807) is 0 Å². The molecule has 1 aliphatic rings. The first-order valence-corrected chi connectivity index (χ1v) is 7.16. The third-order valence-corrected chi connectivity index (χ3v) is 3.70. The average Bonchev–Trinajstić information content (AvgIpc) is 3.04. The molecule has 2 atom stereocenters. The summed E-state index contributed by atoms with van der Waals surface area (Å²) < 4.78 is 7.81. The minimum atomic E-state index is 0.506. The number of rotatable bonds is 7. The van der Waals surface area contributed by atoms with Gasteiger partial charge in [0.25, 0.3) is 0 Å². The van der Waals surface area contributed by atoms with Crippen molar-refractivity contribution in [1.29, 1.82) is 0 Å². The predicted octanol–water partition coefficient (Wildman–Crippen LogP) is 1.85. The van der Waals surface area contributed by atoms with Crippen LogP contribution in [-0.4, -0.2) is 35.4 Å². The highest BCUT2D eigenvalue weighted by molar-refractivity contribution is 4.94. The van der Waals surface area contributed by atoms with E-state index in [9.17, 15) is 0 Å². The molecule has 1 aromatic rings. The third-order valence-electron chi connectivity index (χ3n) is 3.70. The minimum absolute atomic E-state index is 0.506. The highest BCUT2D eigenvalue weighted by Crippen LogP contribution is 2.18. The van der Waals surface area contributed by atoms with E-state index in [0.29, 0.717) is 12.0 Å². The molecule has 2 heterocycles. The van der Waals surface area contributed by atoms with Gasteiger partial charge in [-0.1, -0.05) is 13.8 Å². The Labute approximate surface area is 110 Å². The molecule has 102 valence electrons. The topological polar surface area (TPSA) is 39.1 Å². The fraction of sp³-hybridized carbons (Fsp3) is 0.786. The van der Waals surface area contributed by atoms with Crippen LogP contribution in [0, 0.1) is 5.92 Å². The van der Waals surface area contributed by atoms with Crippen LogP contribution in [0.1, 0.15) is 32.5 Å². The Bertz CT molecular complexity index is 345. The predicted molar refractivity (Wildman–Crippen MR) is 72.6 cm³/mol. The zero-order valence-corrected chi connectivity index (χ0v) is 11.6. The summed E-state index contributed by atoms with van der Waals surface area (Å²) in [6, 6.07) is 0.506. The monoisotopic (exact) mass is 251 g/mol.